The summed E-state index contributed by atoms with van der Waals surface area (Å²) in [6.07, 6.45) is 1.09. The van der Waals surface area contributed by atoms with Gasteiger partial charge in [-0.2, -0.15) is 0 Å². The second-order valence-corrected chi connectivity index (χ2v) is 11.5. The number of ether oxygens (including phenoxy) is 1. The predicted octanol–water partition coefficient (Wildman–Crippen LogP) is 3.93. The Bertz CT molecular complexity index is 1250. The van der Waals surface area contributed by atoms with Crippen LogP contribution >= 0.6 is 11.3 Å². The van der Waals surface area contributed by atoms with Crippen LogP contribution in [0.2, 0.25) is 0 Å². The highest BCUT2D eigenvalue weighted by Gasteiger charge is 2.36. The van der Waals surface area contributed by atoms with Gasteiger partial charge in [-0.25, -0.2) is 18.2 Å². The second-order valence-electron chi connectivity index (χ2n) is 8.22. The molecule has 2 aromatic carbocycles. The van der Waals surface area contributed by atoms with Gasteiger partial charge in [-0.15, -0.1) is 11.3 Å². The molecular formula is C24H26N2O5S2. The molecule has 7 nitrogen and oxygen atoms in total. The van der Waals surface area contributed by atoms with Crippen LogP contribution < -0.4 is 0 Å². The van der Waals surface area contributed by atoms with Crippen LogP contribution in [0.4, 0.5) is 0 Å². The molecule has 3 aromatic rings. The van der Waals surface area contributed by atoms with E-state index in [1.54, 1.807) is 17.0 Å². The SMILES string of the molecule is CC[C@H](C)N(C(=O)COC(=O)c1ccccc1-c1nc2ccccc2s1)[C@H]1CCS(=O)(=O)C1. The Balaban J connectivity index is 1.51. The van der Waals surface area contributed by atoms with Crippen molar-refractivity contribution in [3.8, 4) is 10.6 Å². The van der Waals surface area contributed by atoms with Crippen LogP contribution in [0.15, 0.2) is 48.5 Å². The predicted molar refractivity (Wildman–Crippen MR) is 129 cm³/mol. The van der Waals surface area contributed by atoms with E-state index >= 15 is 0 Å². The van der Waals surface area contributed by atoms with Gasteiger partial charge in [-0.1, -0.05) is 37.3 Å². The zero-order valence-electron chi connectivity index (χ0n) is 18.6. The lowest BCUT2D eigenvalue weighted by atomic mass is 10.1. The summed E-state index contributed by atoms with van der Waals surface area (Å²) in [7, 11) is -3.14. The molecule has 0 aliphatic carbocycles. The fourth-order valence-corrected chi connectivity index (χ4v) is 6.83. The molecule has 1 saturated heterocycles. The molecule has 0 N–H and O–H groups in total. The van der Waals surface area contributed by atoms with Gasteiger partial charge in [0.2, 0.25) is 0 Å². The van der Waals surface area contributed by atoms with E-state index in [2.05, 4.69) is 4.98 Å². The Morgan fingerprint density at radius 3 is 2.61 bits per heavy atom. The molecule has 0 bridgehead atoms. The number of amides is 1. The molecule has 2 atom stereocenters. The number of benzene rings is 2. The molecule has 1 amide bonds. The number of nitrogens with zero attached hydrogens (tertiary/aromatic N) is 2. The summed E-state index contributed by atoms with van der Waals surface area (Å²) in [6.45, 7) is 3.38. The van der Waals surface area contributed by atoms with E-state index in [-0.39, 0.29) is 29.5 Å². The maximum Gasteiger partial charge on any atom is 0.339 e. The minimum atomic E-state index is -3.14. The monoisotopic (exact) mass is 486 g/mol. The lowest BCUT2D eigenvalue weighted by molar-refractivity contribution is -0.138. The summed E-state index contributed by atoms with van der Waals surface area (Å²) in [4.78, 5) is 32.1. The van der Waals surface area contributed by atoms with Crippen LogP contribution in [0.5, 0.6) is 0 Å². The lowest BCUT2D eigenvalue weighted by Gasteiger charge is -2.33. The summed E-state index contributed by atoms with van der Waals surface area (Å²) < 4.78 is 30.3. The first-order valence-electron chi connectivity index (χ1n) is 10.9. The van der Waals surface area contributed by atoms with Gasteiger partial charge >= 0.3 is 5.97 Å². The Hall–Kier alpha value is -2.78. The zero-order chi connectivity index (χ0) is 23.6. The Kier molecular flexibility index (Phi) is 6.81. The van der Waals surface area contributed by atoms with Gasteiger partial charge in [0.15, 0.2) is 16.4 Å². The van der Waals surface area contributed by atoms with Gasteiger partial charge in [0.05, 0.1) is 27.3 Å². The Labute approximate surface area is 197 Å². The van der Waals surface area contributed by atoms with Crippen LogP contribution in [0.25, 0.3) is 20.8 Å². The summed E-state index contributed by atoms with van der Waals surface area (Å²) >= 11 is 1.48. The van der Waals surface area contributed by atoms with Crippen molar-refractivity contribution in [3.05, 3.63) is 54.1 Å². The van der Waals surface area contributed by atoms with Crippen molar-refractivity contribution in [2.24, 2.45) is 0 Å². The molecule has 0 radical (unpaired) electrons. The van der Waals surface area contributed by atoms with Crippen LogP contribution in [-0.2, 0) is 19.4 Å². The van der Waals surface area contributed by atoms with Crippen molar-refractivity contribution >= 4 is 43.3 Å². The lowest BCUT2D eigenvalue weighted by Crippen LogP contribution is -2.48. The molecule has 1 aromatic heterocycles. The average molecular weight is 487 g/mol. The molecule has 0 spiro atoms. The standard InChI is InChI=1S/C24H26N2O5S2/c1-3-16(2)26(17-12-13-33(29,30)15-17)22(27)14-31-24(28)19-9-5-4-8-18(19)23-25-20-10-6-7-11-21(20)32-23/h4-11,16-17H,3,12-15H2,1-2H3/t16-,17-/m0/s1. The van der Waals surface area contributed by atoms with Crippen molar-refractivity contribution in [2.45, 2.75) is 38.8 Å². The molecule has 2 heterocycles. The minimum Gasteiger partial charge on any atom is -0.452 e. The minimum absolute atomic E-state index is 0.0442. The Morgan fingerprint density at radius 1 is 1.18 bits per heavy atom. The fraction of sp³-hybridized carbons (Fsp3) is 0.375. The van der Waals surface area contributed by atoms with E-state index in [9.17, 15) is 18.0 Å². The van der Waals surface area contributed by atoms with Gasteiger partial charge in [-0.3, -0.25) is 4.79 Å². The van der Waals surface area contributed by atoms with Crippen molar-refractivity contribution < 1.29 is 22.7 Å². The number of thiazole rings is 1. The molecule has 9 heteroatoms. The third-order valence-corrected chi connectivity index (χ3v) is 8.77. The first-order chi connectivity index (χ1) is 15.8. The van der Waals surface area contributed by atoms with E-state index in [0.29, 0.717) is 29.0 Å². The number of rotatable bonds is 7. The molecule has 0 unspecified atom stereocenters. The summed E-state index contributed by atoms with van der Waals surface area (Å²) in [5.41, 5.74) is 1.84. The van der Waals surface area contributed by atoms with Gasteiger partial charge in [0, 0.05) is 17.6 Å². The number of fused-ring (bicyclic) bond motifs is 1. The molecular weight excluding hydrogens is 460 g/mol. The van der Waals surface area contributed by atoms with Gasteiger partial charge in [0.1, 0.15) is 5.01 Å². The van der Waals surface area contributed by atoms with Crippen molar-refractivity contribution in [1.29, 1.82) is 0 Å². The Morgan fingerprint density at radius 2 is 1.91 bits per heavy atom. The number of para-hydroxylation sites is 1. The molecule has 1 aliphatic heterocycles. The number of hydrogen-bond donors (Lipinski definition) is 0. The van der Waals surface area contributed by atoms with E-state index < -0.39 is 22.4 Å². The largest absolute Gasteiger partial charge is 0.452 e. The highest BCUT2D eigenvalue weighted by atomic mass is 32.2. The van der Waals surface area contributed by atoms with E-state index in [0.717, 1.165) is 10.2 Å². The van der Waals surface area contributed by atoms with Crippen LogP contribution in [0, 0.1) is 0 Å². The molecule has 4 rings (SSSR count). The number of sulfone groups is 1. The summed E-state index contributed by atoms with van der Waals surface area (Å²) in [6, 6.07) is 14.2. The smallest absolute Gasteiger partial charge is 0.339 e. The van der Waals surface area contributed by atoms with Crippen LogP contribution in [-0.4, -0.2) is 60.4 Å². The normalized spacial score (nSPS) is 18.2. The van der Waals surface area contributed by atoms with Crippen LogP contribution in [0.1, 0.15) is 37.0 Å². The van der Waals surface area contributed by atoms with Gasteiger partial charge in [0.25, 0.3) is 5.91 Å². The van der Waals surface area contributed by atoms with E-state index in [1.807, 2.05) is 50.2 Å². The summed E-state index contributed by atoms with van der Waals surface area (Å²) in [5, 5.41) is 0.701. The molecule has 1 aliphatic rings. The molecule has 33 heavy (non-hydrogen) atoms. The second kappa shape index (κ2) is 9.61. The van der Waals surface area contributed by atoms with Crippen molar-refractivity contribution in [3.63, 3.8) is 0 Å². The third-order valence-electron chi connectivity index (χ3n) is 5.95. The van der Waals surface area contributed by atoms with Crippen molar-refractivity contribution in [1.82, 2.24) is 9.88 Å². The van der Waals surface area contributed by atoms with Gasteiger partial charge < -0.3 is 9.64 Å². The topological polar surface area (TPSA) is 93.6 Å². The fourth-order valence-electron chi connectivity index (χ4n) is 4.12. The number of hydrogen-bond acceptors (Lipinski definition) is 7. The number of aromatic nitrogens is 1. The zero-order valence-corrected chi connectivity index (χ0v) is 20.2. The quantitative estimate of drug-likeness (QED) is 0.470. The maximum absolute atomic E-state index is 13.0. The first kappa shape index (κ1) is 23.4. The van der Waals surface area contributed by atoms with E-state index in [1.165, 1.54) is 11.3 Å². The van der Waals surface area contributed by atoms with Crippen LogP contribution in [0.3, 0.4) is 0 Å². The maximum atomic E-state index is 13.0. The molecule has 1 fully saturated rings. The number of carbonyl (C=O) groups excluding carboxylic acids is 2. The first-order valence-corrected chi connectivity index (χ1v) is 13.6. The average Bonchev–Trinajstić information content (AvgIpc) is 3.40. The van der Waals surface area contributed by atoms with E-state index in [4.69, 9.17) is 4.74 Å². The number of esters is 1. The third kappa shape index (κ3) is 5.09. The highest BCUT2D eigenvalue weighted by molar-refractivity contribution is 7.91. The molecule has 174 valence electrons. The summed E-state index contributed by atoms with van der Waals surface area (Å²) in [5.74, 6) is -0.955. The highest BCUT2D eigenvalue weighted by Crippen LogP contribution is 2.32. The number of carbonyl (C=O) groups is 2. The molecule has 0 saturated carbocycles. The van der Waals surface area contributed by atoms with Gasteiger partial charge in [-0.05, 0) is 38.0 Å². The van der Waals surface area contributed by atoms with Crippen molar-refractivity contribution in [2.75, 3.05) is 18.1 Å².